The largest absolute Gasteiger partial charge is 0.373 e. The van der Waals surface area contributed by atoms with E-state index in [1.54, 1.807) is 18.6 Å². The normalized spacial score (nSPS) is 12.5. The van der Waals surface area contributed by atoms with Crippen molar-refractivity contribution in [1.82, 2.24) is 14.5 Å². The number of nitrogens with one attached hydrogen (secondary N) is 1. The Morgan fingerprint density at radius 2 is 2.05 bits per heavy atom. The second-order valence-electron chi connectivity index (χ2n) is 6.14. The molecule has 0 aromatic carbocycles. The van der Waals surface area contributed by atoms with E-state index >= 15 is 0 Å². The second-order valence-corrected chi connectivity index (χ2v) is 6.53. The maximum atomic E-state index is 10.2. The molecule has 2 N–H and O–H groups in total. The van der Waals surface area contributed by atoms with Gasteiger partial charge in [-0.3, -0.25) is 0 Å². The van der Waals surface area contributed by atoms with Gasteiger partial charge in [0.1, 0.15) is 17.1 Å². The number of halogens is 1. The first-order chi connectivity index (χ1) is 10.3. The third-order valence-corrected chi connectivity index (χ3v) is 3.22. The van der Waals surface area contributed by atoms with Gasteiger partial charge in [-0.2, -0.15) is 0 Å². The molecular weight excluding hydrogens is 300 g/mol. The molecule has 116 valence electrons. The van der Waals surface area contributed by atoms with E-state index in [1.807, 2.05) is 38.6 Å². The molecule has 0 fully saturated rings. The maximum absolute atomic E-state index is 10.2. The molecule has 2 aromatic rings. The molecule has 5 nitrogen and oxygen atoms in total. The standard InChI is InChI=1S/C16H19ClN4O/c1-16(2,3)15(22)20-13-7-14(17)18-8-11(13)5-6-12-9-21(4)10-19-12/h7-10,15,22H,1-4H3,(H,18,20). The average molecular weight is 319 g/mol. The van der Waals surface area contributed by atoms with E-state index in [9.17, 15) is 5.11 Å². The van der Waals surface area contributed by atoms with Gasteiger partial charge in [0.15, 0.2) is 0 Å². The number of aryl methyl sites for hydroxylation is 1. The molecule has 1 atom stereocenters. The van der Waals surface area contributed by atoms with Gasteiger partial charge in [0.05, 0.1) is 17.6 Å². The van der Waals surface area contributed by atoms with E-state index < -0.39 is 6.23 Å². The Bertz CT molecular complexity index is 722. The van der Waals surface area contributed by atoms with Crippen LogP contribution in [-0.2, 0) is 7.05 Å². The molecule has 2 rings (SSSR count). The number of aromatic nitrogens is 3. The number of aliphatic hydroxyl groups is 1. The number of hydrogen-bond acceptors (Lipinski definition) is 4. The van der Waals surface area contributed by atoms with Crippen molar-refractivity contribution in [2.75, 3.05) is 5.32 Å². The van der Waals surface area contributed by atoms with Crippen molar-refractivity contribution in [2.45, 2.75) is 27.0 Å². The minimum atomic E-state index is -0.735. The van der Waals surface area contributed by atoms with Gasteiger partial charge >= 0.3 is 0 Å². The lowest BCUT2D eigenvalue weighted by molar-refractivity contribution is 0.0880. The fourth-order valence-electron chi connectivity index (χ4n) is 1.62. The van der Waals surface area contributed by atoms with Crippen molar-refractivity contribution in [3.05, 3.63) is 41.2 Å². The van der Waals surface area contributed by atoms with Gasteiger partial charge in [0.25, 0.3) is 0 Å². The Kier molecular flexibility index (Phi) is 4.74. The average Bonchev–Trinajstić information content (AvgIpc) is 2.82. The maximum Gasteiger partial charge on any atom is 0.131 e. The Labute approximate surface area is 135 Å². The molecule has 0 aliphatic heterocycles. The zero-order valence-corrected chi connectivity index (χ0v) is 13.8. The molecule has 0 spiro atoms. The van der Waals surface area contributed by atoms with Crippen molar-refractivity contribution >= 4 is 17.3 Å². The predicted octanol–water partition coefficient (Wildman–Crippen LogP) is 2.64. The summed E-state index contributed by atoms with van der Waals surface area (Å²) in [5.74, 6) is 5.97. The van der Waals surface area contributed by atoms with Crippen LogP contribution in [0.2, 0.25) is 5.15 Å². The number of anilines is 1. The van der Waals surface area contributed by atoms with Crippen LogP contribution in [0.15, 0.2) is 24.8 Å². The molecule has 0 bridgehead atoms. The number of imidazole rings is 1. The lowest BCUT2D eigenvalue weighted by Gasteiger charge is -2.27. The van der Waals surface area contributed by atoms with E-state index in [1.165, 1.54) is 0 Å². The first-order valence-corrected chi connectivity index (χ1v) is 7.23. The summed E-state index contributed by atoms with van der Waals surface area (Å²) < 4.78 is 1.83. The number of rotatable bonds is 2. The Morgan fingerprint density at radius 1 is 1.32 bits per heavy atom. The number of pyridine rings is 1. The number of nitrogens with zero attached hydrogens (tertiary/aromatic N) is 3. The summed E-state index contributed by atoms with van der Waals surface area (Å²) in [7, 11) is 1.88. The summed E-state index contributed by atoms with van der Waals surface area (Å²) in [5.41, 5.74) is 1.64. The summed E-state index contributed by atoms with van der Waals surface area (Å²) in [6, 6.07) is 1.65. The topological polar surface area (TPSA) is 63.0 Å². The van der Waals surface area contributed by atoms with Crippen LogP contribution in [0.4, 0.5) is 5.69 Å². The summed E-state index contributed by atoms with van der Waals surface area (Å²) in [6.45, 7) is 5.81. The predicted molar refractivity (Wildman–Crippen MR) is 87.5 cm³/mol. The van der Waals surface area contributed by atoms with Crippen LogP contribution in [0.1, 0.15) is 32.0 Å². The van der Waals surface area contributed by atoms with Crippen LogP contribution in [-0.4, -0.2) is 25.9 Å². The first kappa shape index (κ1) is 16.3. The van der Waals surface area contributed by atoms with Crippen molar-refractivity contribution in [1.29, 1.82) is 0 Å². The van der Waals surface area contributed by atoms with E-state index in [0.717, 1.165) is 0 Å². The highest BCUT2D eigenvalue weighted by Crippen LogP contribution is 2.24. The minimum Gasteiger partial charge on any atom is -0.373 e. The quantitative estimate of drug-likeness (QED) is 0.507. The zero-order valence-electron chi connectivity index (χ0n) is 13.1. The lowest BCUT2D eigenvalue weighted by atomic mass is 9.94. The smallest absolute Gasteiger partial charge is 0.131 e. The van der Waals surface area contributed by atoms with Crippen LogP contribution < -0.4 is 5.32 Å². The highest BCUT2D eigenvalue weighted by atomic mass is 35.5. The summed E-state index contributed by atoms with van der Waals surface area (Å²) in [6.07, 6.45) is 4.36. The van der Waals surface area contributed by atoms with Crippen LogP contribution in [0.5, 0.6) is 0 Å². The molecular formula is C16H19ClN4O. The van der Waals surface area contributed by atoms with Crippen LogP contribution >= 0.6 is 11.6 Å². The van der Waals surface area contributed by atoms with E-state index in [0.29, 0.717) is 22.1 Å². The van der Waals surface area contributed by atoms with Gasteiger partial charge < -0.3 is 15.0 Å². The molecule has 2 heterocycles. The Hall–Kier alpha value is -2.03. The van der Waals surface area contributed by atoms with Gasteiger partial charge in [-0.05, 0) is 12.0 Å². The minimum absolute atomic E-state index is 0.318. The summed E-state index contributed by atoms with van der Waals surface area (Å²) >= 11 is 5.94. The Morgan fingerprint density at radius 3 is 2.64 bits per heavy atom. The van der Waals surface area contributed by atoms with Crippen molar-refractivity contribution in [3.8, 4) is 11.8 Å². The van der Waals surface area contributed by atoms with Gasteiger partial charge in [-0.1, -0.05) is 38.3 Å². The summed E-state index contributed by atoms with van der Waals surface area (Å²) in [4.78, 5) is 8.19. The molecule has 0 aliphatic carbocycles. The molecule has 6 heteroatoms. The van der Waals surface area contributed by atoms with E-state index in [2.05, 4.69) is 27.1 Å². The zero-order chi connectivity index (χ0) is 16.3. The van der Waals surface area contributed by atoms with E-state index in [-0.39, 0.29) is 5.41 Å². The Balaban J connectivity index is 2.30. The highest BCUT2D eigenvalue weighted by Gasteiger charge is 2.22. The molecule has 22 heavy (non-hydrogen) atoms. The SMILES string of the molecule is Cn1cnc(C#Cc2cnc(Cl)cc2NC(O)C(C)(C)C)c1. The van der Waals surface area contributed by atoms with Gasteiger partial charge in [0.2, 0.25) is 0 Å². The van der Waals surface area contributed by atoms with Gasteiger partial charge in [0, 0.05) is 24.9 Å². The molecule has 0 saturated carbocycles. The molecule has 1 unspecified atom stereocenters. The van der Waals surface area contributed by atoms with Crippen molar-refractivity contribution in [2.24, 2.45) is 12.5 Å². The molecule has 0 saturated heterocycles. The molecule has 0 aliphatic rings. The van der Waals surface area contributed by atoms with Crippen LogP contribution in [0.3, 0.4) is 0 Å². The third kappa shape index (κ3) is 4.23. The van der Waals surface area contributed by atoms with Gasteiger partial charge in [-0.25, -0.2) is 9.97 Å². The fraction of sp³-hybridized carbons (Fsp3) is 0.375. The van der Waals surface area contributed by atoms with Gasteiger partial charge in [-0.15, -0.1) is 0 Å². The first-order valence-electron chi connectivity index (χ1n) is 6.86. The van der Waals surface area contributed by atoms with Crippen molar-refractivity contribution < 1.29 is 5.11 Å². The van der Waals surface area contributed by atoms with Crippen LogP contribution in [0.25, 0.3) is 0 Å². The summed E-state index contributed by atoms with van der Waals surface area (Å²) in [5, 5.41) is 13.6. The number of hydrogen-bond donors (Lipinski definition) is 2. The highest BCUT2D eigenvalue weighted by molar-refractivity contribution is 6.29. The molecule has 0 radical (unpaired) electrons. The fourth-order valence-corrected chi connectivity index (χ4v) is 1.78. The number of aliphatic hydroxyl groups excluding tert-OH is 1. The van der Waals surface area contributed by atoms with Crippen molar-refractivity contribution in [3.63, 3.8) is 0 Å². The van der Waals surface area contributed by atoms with Crippen LogP contribution in [0, 0.1) is 17.3 Å². The molecule has 0 amide bonds. The third-order valence-electron chi connectivity index (χ3n) is 3.01. The molecule has 2 aromatic heterocycles. The van der Waals surface area contributed by atoms with E-state index in [4.69, 9.17) is 11.6 Å². The second kappa shape index (κ2) is 6.39. The lowest BCUT2D eigenvalue weighted by Crippen LogP contribution is -2.33. The monoisotopic (exact) mass is 318 g/mol.